The van der Waals surface area contributed by atoms with Crippen LogP contribution in [0.25, 0.3) is 0 Å². The molecule has 0 bridgehead atoms. The zero-order valence-corrected chi connectivity index (χ0v) is 20.1. The number of benzene rings is 2. The quantitative estimate of drug-likeness (QED) is 0.173. The number of nitro benzene ring substituents is 1. The molecule has 2 N–H and O–H groups in total. The average Bonchev–Trinajstić information content (AvgIpc) is 3.24. The molecule has 168 valence electrons. The monoisotopic (exact) mass is 540 g/mol. The predicted molar refractivity (Wildman–Crippen MR) is 131 cm³/mol. The van der Waals surface area contributed by atoms with Gasteiger partial charge < -0.3 is 20.1 Å². The van der Waals surface area contributed by atoms with Crippen LogP contribution in [0.5, 0.6) is 5.75 Å². The van der Waals surface area contributed by atoms with E-state index in [0.717, 1.165) is 29.9 Å². The second kappa shape index (κ2) is 12.5. The number of aryl methyl sites for hydroxylation is 1. The second-order valence-corrected chi connectivity index (χ2v) is 7.15. The third-order valence-corrected chi connectivity index (χ3v) is 4.79. The molecule has 0 saturated carbocycles. The van der Waals surface area contributed by atoms with Crippen molar-refractivity contribution in [1.29, 1.82) is 0 Å². The van der Waals surface area contributed by atoms with Crippen LogP contribution < -0.4 is 15.4 Å². The first kappa shape index (κ1) is 24.9. The molecule has 2 aromatic carbocycles. The van der Waals surface area contributed by atoms with Gasteiger partial charge in [0.25, 0.3) is 5.69 Å². The summed E-state index contributed by atoms with van der Waals surface area (Å²) in [6, 6.07) is 12.8. The molecule has 9 heteroatoms. The van der Waals surface area contributed by atoms with Crippen molar-refractivity contribution in [3.8, 4) is 5.75 Å². The maximum absolute atomic E-state index is 11.2. The minimum atomic E-state index is -0.371. The summed E-state index contributed by atoms with van der Waals surface area (Å²) < 4.78 is 11.6. The molecule has 0 amide bonds. The molecule has 1 aliphatic heterocycles. The molecule has 1 saturated heterocycles. The number of rotatable bonds is 8. The van der Waals surface area contributed by atoms with E-state index in [1.54, 1.807) is 18.2 Å². The molecule has 1 aliphatic rings. The second-order valence-electron chi connectivity index (χ2n) is 7.15. The van der Waals surface area contributed by atoms with Crippen molar-refractivity contribution in [1.82, 2.24) is 10.6 Å². The van der Waals surface area contributed by atoms with Gasteiger partial charge in [0.1, 0.15) is 11.9 Å². The fraction of sp³-hybridized carbons (Fsp3) is 0.409. The first-order chi connectivity index (χ1) is 14.6. The van der Waals surface area contributed by atoms with E-state index in [-0.39, 0.29) is 40.7 Å². The van der Waals surface area contributed by atoms with Gasteiger partial charge in [-0.25, -0.2) is 4.99 Å². The number of guanidine groups is 1. The van der Waals surface area contributed by atoms with Crippen molar-refractivity contribution >= 4 is 35.6 Å². The van der Waals surface area contributed by atoms with Crippen LogP contribution in [0.4, 0.5) is 5.69 Å². The summed E-state index contributed by atoms with van der Waals surface area (Å²) in [6.07, 6.45) is 0.955. The Balaban J connectivity index is 0.00000341. The van der Waals surface area contributed by atoms with E-state index in [2.05, 4.69) is 15.6 Å². The first-order valence-corrected chi connectivity index (χ1v) is 10.1. The third-order valence-electron chi connectivity index (χ3n) is 4.79. The first-order valence-electron chi connectivity index (χ1n) is 10.1. The van der Waals surface area contributed by atoms with Crippen molar-refractivity contribution in [3.63, 3.8) is 0 Å². The van der Waals surface area contributed by atoms with E-state index in [1.807, 2.05) is 32.0 Å². The lowest BCUT2D eigenvalue weighted by Gasteiger charge is -2.16. The number of hydrogen-bond acceptors (Lipinski definition) is 5. The van der Waals surface area contributed by atoms with Gasteiger partial charge in [-0.2, -0.15) is 0 Å². The van der Waals surface area contributed by atoms with Gasteiger partial charge in [-0.3, -0.25) is 10.1 Å². The molecule has 31 heavy (non-hydrogen) atoms. The van der Waals surface area contributed by atoms with Crippen LogP contribution in [0, 0.1) is 17.0 Å². The van der Waals surface area contributed by atoms with Gasteiger partial charge in [-0.1, -0.05) is 30.3 Å². The van der Waals surface area contributed by atoms with Gasteiger partial charge in [0.05, 0.1) is 24.7 Å². The van der Waals surface area contributed by atoms with E-state index >= 15 is 0 Å². The number of halogens is 1. The Hall–Kier alpha value is -2.40. The average molecular weight is 540 g/mol. The van der Waals surface area contributed by atoms with Crippen LogP contribution in [-0.2, 0) is 17.8 Å². The molecule has 1 heterocycles. The summed E-state index contributed by atoms with van der Waals surface area (Å²) in [5, 5.41) is 17.6. The van der Waals surface area contributed by atoms with Crippen molar-refractivity contribution < 1.29 is 14.4 Å². The minimum Gasteiger partial charge on any atom is -0.488 e. The highest BCUT2D eigenvalue weighted by molar-refractivity contribution is 14.0. The van der Waals surface area contributed by atoms with Crippen molar-refractivity contribution in [2.75, 3.05) is 19.8 Å². The zero-order chi connectivity index (χ0) is 21.3. The summed E-state index contributed by atoms with van der Waals surface area (Å²) in [6.45, 7) is 6.75. The SMILES string of the molecule is CCNC(=NCc1ccc(C)cc1OC1CCOC1)NCc1ccccc1[N+](=O)[O-].I. The lowest BCUT2D eigenvalue weighted by Crippen LogP contribution is -2.36. The van der Waals surface area contributed by atoms with E-state index in [1.165, 1.54) is 6.07 Å². The highest BCUT2D eigenvalue weighted by Crippen LogP contribution is 2.24. The normalized spacial score (nSPS) is 15.8. The predicted octanol–water partition coefficient (Wildman–Crippen LogP) is 3.94. The Morgan fingerprint density at radius 1 is 1.26 bits per heavy atom. The Morgan fingerprint density at radius 3 is 2.77 bits per heavy atom. The number of nitro groups is 1. The van der Waals surface area contributed by atoms with E-state index < -0.39 is 0 Å². The Kier molecular flexibility index (Phi) is 9.99. The fourth-order valence-electron chi connectivity index (χ4n) is 3.21. The topological polar surface area (TPSA) is 98.0 Å². The van der Waals surface area contributed by atoms with E-state index in [9.17, 15) is 10.1 Å². The number of hydrogen-bond donors (Lipinski definition) is 2. The van der Waals surface area contributed by atoms with Crippen molar-refractivity contribution in [2.45, 2.75) is 39.5 Å². The van der Waals surface area contributed by atoms with Gasteiger partial charge in [0, 0.05) is 36.7 Å². The molecule has 0 spiro atoms. The van der Waals surface area contributed by atoms with E-state index in [0.29, 0.717) is 37.8 Å². The van der Waals surface area contributed by atoms with Gasteiger partial charge in [-0.15, -0.1) is 24.0 Å². The Labute approximate surface area is 199 Å². The standard InChI is InChI=1S/C22H28N4O4.HI/c1-3-23-22(24-13-17-6-4-5-7-20(17)26(27)28)25-14-18-9-8-16(2)12-21(18)30-19-10-11-29-15-19;/h4-9,12,19H,3,10-11,13-15H2,1-2H3,(H2,23,24,25);1H. The smallest absolute Gasteiger partial charge is 0.274 e. The molecule has 0 aromatic heterocycles. The minimum absolute atomic E-state index is 0. The molecule has 0 aliphatic carbocycles. The Bertz CT molecular complexity index is 901. The molecule has 1 fully saturated rings. The highest BCUT2D eigenvalue weighted by Gasteiger charge is 2.19. The van der Waals surface area contributed by atoms with Gasteiger partial charge >= 0.3 is 0 Å². The van der Waals surface area contributed by atoms with Crippen molar-refractivity contribution in [3.05, 3.63) is 69.3 Å². The third kappa shape index (κ3) is 7.35. The molecular formula is C22H29IN4O4. The number of para-hydroxylation sites is 1. The number of aliphatic imine (C=N–C) groups is 1. The maximum Gasteiger partial charge on any atom is 0.274 e. The lowest BCUT2D eigenvalue weighted by molar-refractivity contribution is -0.385. The van der Waals surface area contributed by atoms with E-state index in [4.69, 9.17) is 9.47 Å². The van der Waals surface area contributed by atoms with Crippen molar-refractivity contribution in [2.24, 2.45) is 4.99 Å². The summed E-state index contributed by atoms with van der Waals surface area (Å²) in [5.74, 6) is 1.41. The lowest BCUT2D eigenvalue weighted by atomic mass is 10.1. The van der Waals surface area contributed by atoms with Crippen LogP contribution in [0.15, 0.2) is 47.5 Å². The van der Waals surface area contributed by atoms with Crippen LogP contribution in [0.3, 0.4) is 0 Å². The van der Waals surface area contributed by atoms with Gasteiger partial charge in [0.15, 0.2) is 5.96 Å². The molecule has 2 aromatic rings. The highest BCUT2D eigenvalue weighted by atomic mass is 127. The maximum atomic E-state index is 11.2. The summed E-state index contributed by atoms with van der Waals surface area (Å²) in [7, 11) is 0. The Morgan fingerprint density at radius 2 is 2.06 bits per heavy atom. The molecule has 1 unspecified atom stereocenters. The molecular weight excluding hydrogens is 511 g/mol. The molecule has 0 radical (unpaired) electrons. The van der Waals surface area contributed by atoms with Gasteiger partial charge in [-0.05, 0) is 25.5 Å². The summed E-state index contributed by atoms with van der Waals surface area (Å²) in [4.78, 5) is 15.5. The number of nitrogens with one attached hydrogen (secondary N) is 2. The summed E-state index contributed by atoms with van der Waals surface area (Å²) >= 11 is 0. The molecule has 1 atom stereocenters. The number of nitrogens with zero attached hydrogens (tertiary/aromatic N) is 2. The van der Waals surface area contributed by atoms with Crippen LogP contribution in [0.1, 0.15) is 30.0 Å². The number of ether oxygens (including phenoxy) is 2. The fourth-order valence-corrected chi connectivity index (χ4v) is 3.21. The summed E-state index contributed by atoms with van der Waals surface area (Å²) in [5.41, 5.74) is 2.80. The molecule has 8 nitrogen and oxygen atoms in total. The molecule has 3 rings (SSSR count). The largest absolute Gasteiger partial charge is 0.488 e. The van der Waals surface area contributed by atoms with Crippen LogP contribution in [0.2, 0.25) is 0 Å². The van der Waals surface area contributed by atoms with Crippen LogP contribution >= 0.6 is 24.0 Å². The van der Waals surface area contributed by atoms with Gasteiger partial charge in [0.2, 0.25) is 0 Å². The van der Waals surface area contributed by atoms with Crippen LogP contribution in [-0.4, -0.2) is 36.7 Å². The zero-order valence-electron chi connectivity index (χ0n) is 17.8.